The number of nitro benzene ring substituents is 4. The Bertz CT molecular complexity index is 1100. The van der Waals surface area contributed by atoms with Crippen LogP contribution in [0.5, 0.6) is 0 Å². The number of rotatable bonds is 8. The molecule has 16 nitrogen and oxygen atoms in total. The van der Waals surface area contributed by atoms with Crippen LogP contribution >= 0.6 is 0 Å². The first-order chi connectivity index (χ1) is 16.0. The number of hydrogen-bond donors (Lipinski definition) is 1. The van der Waals surface area contributed by atoms with Crippen molar-refractivity contribution in [1.29, 1.82) is 0 Å². The second-order valence-electron chi connectivity index (χ2n) is 6.80. The molecule has 2 aromatic rings. The Kier molecular flexibility index (Phi) is 7.96. The molecular formula is C18H17N5O11. The maximum Gasteiger partial charge on any atom is 0.284 e. The van der Waals surface area contributed by atoms with Gasteiger partial charge in [-0.1, -0.05) is 0 Å². The summed E-state index contributed by atoms with van der Waals surface area (Å²) in [6, 6.07) is 1.88. The number of non-ortho nitro benzene ring substituents is 2. The van der Waals surface area contributed by atoms with Crippen LogP contribution in [0.25, 0.3) is 11.1 Å². The van der Waals surface area contributed by atoms with Gasteiger partial charge in [0, 0.05) is 26.4 Å². The van der Waals surface area contributed by atoms with E-state index in [0.29, 0.717) is 18.4 Å². The number of aldehydes is 1. The quantitative estimate of drug-likeness (QED) is 0.328. The van der Waals surface area contributed by atoms with Crippen molar-refractivity contribution >= 4 is 29.0 Å². The van der Waals surface area contributed by atoms with Gasteiger partial charge in [0.2, 0.25) is 0 Å². The molecule has 16 heteroatoms. The van der Waals surface area contributed by atoms with E-state index in [-0.39, 0.29) is 22.3 Å². The van der Waals surface area contributed by atoms with Crippen molar-refractivity contribution in [2.75, 3.05) is 14.2 Å². The molecule has 0 saturated heterocycles. The van der Waals surface area contributed by atoms with Crippen LogP contribution in [0, 0.1) is 40.5 Å². The highest BCUT2D eigenvalue weighted by molar-refractivity contribution is 5.92. The standard InChI is InChI=1S/C16H11N5O10.C2H6O/c1-7(6-22)31-17-16-10-2-8(18(23)24)4-12(20(27)28)14(10)15-11(16)3-9(19(25)26)5-13(15)21(29)30;1-3-2/h2-7,16-17H,1H3;1-2H3. The first-order valence-corrected chi connectivity index (χ1v) is 9.18. The highest BCUT2D eigenvalue weighted by atomic mass is 16.7. The fourth-order valence-electron chi connectivity index (χ4n) is 3.26. The van der Waals surface area contributed by atoms with Gasteiger partial charge >= 0.3 is 0 Å². The predicted octanol–water partition coefficient (Wildman–Crippen LogP) is 2.76. The zero-order valence-corrected chi connectivity index (χ0v) is 17.8. The van der Waals surface area contributed by atoms with Gasteiger partial charge in [0.25, 0.3) is 22.7 Å². The number of ether oxygens (including phenoxy) is 1. The van der Waals surface area contributed by atoms with E-state index in [1.54, 1.807) is 14.2 Å². The molecule has 3 rings (SSSR count). The highest BCUT2D eigenvalue weighted by Gasteiger charge is 2.43. The molecule has 1 aliphatic carbocycles. The van der Waals surface area contributed by atoms with Crippen molar-refractivity contribution in [2.24, 2.45) is 0 Å². The lowest BCUT2D eigenvalue weighted by Gasteiger charge is -2.16. The normalized spacial score (nSPS) is 12.6. The topological polar surface area (TPSA) is 220 Å². The molecule has 1 unspecified atom stereocenters. The Morgan fingerprint density at radius 3 is 1.50 bits per heavy atom. The van der Waals surface area contributed by atoms with Gasteiger partial charge in [-0.25, -0.2) is 0 Å². The minimum absolute atomic E-state index is 0.141. The third-order valence-electron chi connectivity index (χ3n) is 4.52. The summed E-state index contributed by atoms with van der Waals surface area (Å²) < 4.78 is 4.25. The molecule has 0 amide bonds. The van der Waals surface area contributed by atoms with Gasteiger partial charge in [0.15, 0.2) is 6.29 Å². The molecule has 0 radical (unpaired) electrons. The number of hydroxylamine groups is 1. The lowest BCUT2D eigenvalue weighted by Crippen LogP contribution is -2.27. The average molecular weight is 479 g/mol. The Morgan fingerprint density at radius 2 is 1.21 bits per heavy atom. The van der Waals surface area contributed by atoms with E-state index in [4.69, 9.17) is 4.84 Å². The van der Waals surface area contributed by atoms with Gasteiger partial charge in [-0.15, -0.1) is 0 Å². The molecule has 1 atom stereocenters. The summed E-state index contributed by atoms with van der Waals surface area (Å²) in [5, 5.41) is 45.8. The average Bonchev–Trinajstić information content (AvgIpc) is 3.09. The second-order valence-corrected chi connectivity index (χ2v) is 6.80. The number of methoxy groups -OCH3 is 1. The van der Waals surface area contributed by atoms with Gasteiger partial charge in [0.1, 0.15) is 6.10 Å². The predicted molar refractivity (Wildman–Crippen MR) is 113 cm³/mol. The molecule has 0 aliphatic heterocycles. The Morgan fingerprint density at radius 1 is 0.824 bits per heavy atom. The van der Waals surface area contributed by atoms with Crippen molar-refractivity contribution in [2.45, 2.75) is 19.1 Å². The largest absolute Gasteiger partial charge is 0.388 e. The summed E-state index contributed by atoms with van der Waals surface area (Å²) in [5.41, 5.74) is -1.46. The molecule has 0 spiro atoms. The number of fused-ring (bicyclic) bond motifs is 3. The maximum absolute atomic E-state index is 11.6. The number of hydrogen-bond acceptors (Lipinski definition) is 12. The Balaban J connectivity index is 0.00000129. The van der Waals surface area contributed by atoms with Crippen molar-refractivity contribution in [3.63, 3.8) is 0 Å². The first-order valence-electron chi connectivity index (χ1n) is 9.18. The smallest absolute Gasteiger partial charge is 0.284 e. The molecule has 1 N–H and O–H groups in total. The van der Waals surface area contributed by atoms with Crippen LogP contribution in [-0.4, -0.2) is 46.3 Å². The van der Waals surface area contributed by atoms with Crippen LogP contribution < -0.4 is 5.48 Å². The molecular weight excluding hydrogens is 462 g/mol. The molecule has 2 aromatic carbocycles. The minimum atomic E-state index is -1.30. The van der Waals surface area contributed by atoms with Gasteiger partial charge in [-0.2, -0.15) is 5.48 Å². The lowest BCUT2D eigenvalue weighted by atomic mass is 10.0. The van der Waals surface area contributed by atoms with Crippen LogP contribution in [0.15, 0.2) is 24.3 Å². The molecule has 0 aromatic heterocycles. The number of carbonyl (C=O) groups excluding carboxylic acids is 1. The third-order valence-corrected chi connectivity index (χ3v) is 4.52. The molecule has 0 bridgehead atoms. The third kappa shape index (κ3) is 4.98. The van der Waals surface area contributed by atoms with Crippen LogP contribution in [0.3, 0.4) is 0 Å². The summed E-state index contributed by atoms with van der Waals surface area (Å²) in [4.78, 5) is 58.1. The van der Waals surface area contributed by atoms with Crippen LogP contribution in [0.1, 0.15) is 24.1 Å². The van der Waals surface area contributed by atoms with Crippen molar-refractivity contribution < 1.29 is 34.1 Å². The molecule has 180 valence electrons. The molecule has 1 aliphatic rings. The van der Waals surface area contributed by atoms with Crippen LogP contribution in [0.4, 0.5) is 22.7 Å². The second kappa shape index (κ2) is 10.5. The molecule has 0 fully saturated rings. The number of benzene rings is 2. The van der Waals surface area contributed by atoms with Gasteiger partial charge in [-0.05, 0) is 18.1 Å². The summed E-state index contributed by atoms with van der Waals surface area (Å²) >= 11 is 0. The maximum atomic E-state index is 11.6. The van der Waals surface area contributed by atoms with Gasteiger partial charge in [0.05, 0.1) is 49.0 Å². The summed E-state index contributed by atoms with van der Waals surface area (Å²) in [7, 11) is 3.25. The summed E-state index contributed by atoms with van der Waals surface area (Å²) in [5.74, 6) is 0. The van der Waals surface area contributed by atoms with Crippen molar-refractivity contribution in [3.8, 4) is 11.1 Å². The fraction of sp³-hybridized carbons (Fsp3) is 0.278. The molecule has 0 heterocycles. The number of carbonyl (C=O) groups is 1. The number of nitrogens with one attached hydrogen (secondary N) is 1. The van der Waals surface area contributed by atoms with Crippen molar-refractivity contribution in [3.05, 3.63) is 75.8 Å². The van der Waals surface area contributed by atoms with E-state index in [0.717, 1.165) is 12.1 Å². The Labute approximate surface area is 189 Å². The minimum Gasteiger partial charge on any atom is -0.388 e. The van der Waals surface area contributed by atoms with E-state index in [1.165, 1.54) is 6.92 Å². The van der Waals surface area contributed by atoms with E-state index in [1.807, 2.05) is 0 Å². The molecule has 34 heavy (non-hydrogen) atoms. The Hall–Kier alpha value is -4.41. The van der Waals surface area contributed by atoms with Crippen LogP contribution in [0.2, 0.25) is 0 Å². The fourth-order valence-corrected chi connectivity index (χ4v) is 3.26. The lowest BCUT2D eigenvalue weighted by molar-refractivity contribution is -0.395. The zero-order valence-electron chi connectivity index (χ0n) is 17.8. The van der Waals surface area contributed by atoms with E-state index < -0.39 is 54.6 Å². The number of nitro groups is 4. The van der Waals surface area contributed by atoms with Gasteiger partial charge in [-0.3, -0.25) is 45.3 Å². The first kappa shape index (κ1) is 25.8. The number of nitrogens with zero attached hydrogens (tertiary/aromatic N) is 4. The van der Waals surface area contributed by atoms with Gasteiger partial charge < -0.3 is 9.53 Å². The monoisotopic (exact) mass is 479 g/mol. The molecule has 0 saturated carbocycles. The van der Waals surface area contributed by atoms with E-state index >= 15 is 0 Å². The van der Waals surface area contributed by atoms with Crippen molar-refractivity contribution in [1.82, 2.24) is 5.48 Å². The van der Waals surface area contributed by atoms with E-state index in [2.05, 4.69) is 10.2 Å². The summed E-state index contributed by atoms with van der Waals surface area (Å²) in [6.45, 7) is 1.34. The van der Waals surface area contributed by atoms with E-state index in [9.17, 15) is 45.3 Å². The zero-order chi connectivity index (χ0) is 25.7. The highest BCUT2D eigenvalue weighted by Crippen LogP contribution is 2.53. The SMILES string of the molecule is CC(C=O)ONC1c2cc([N+](=O)[O-])cc([N+](=O)[O-])c2-c2c1cc([N+](=O)[O-])cc2[N+](=O)[O-].COC. The summed E-state index contributed by atoms with van der Waals surface area (Å²) in [6.07, 6.45) is -0.634. The van der Waals surface area contributed by atoms with Crippen LogP contribution in [-0.2, 0) is 14.4 Å².